The molecule has 1 aliphatic rings. The van der Waals surface area contributed by atoms with E-state index in [-0.39, 0.29) is 0 Å². The van der Waals surface area contributed by atoms with E-state index in [1.807, 2.05) is 12.1 Å². The van der Waals surface area contributed by atoms with E-state index in [4.69, 9.17) is 4.52 Å². The van der Waals surface area contributed by atoms with E-state index in [1.165, 1.54) is 6.42 Å². The summed E-state index contributed by atoms with van der Waals surface area (Å²) >= 11 is 0. The van der Waals surface area contributed by atoms with Gasteiger partial charge in [0, 0.05) is 18.8 Å². The third-order valence-electron chi connectivity index (χ3n) is 3.01. The van der Waals surface area contributed by atoms with Gasteiger partial charge in [0.05, 0.1) is 5.56 Å². The number of hydrogen-bond acceptors (Lipinski definition) is 5. The third kappa shape index (κ3) is 2.34. The summed E-state index contributed by atoms with van der Waals surface area (Å²) in [5.41, 5.74) is 0.871. The molecule has 1 N–H and O–H groups in total. The van der Waals surface area contributed by atoms with Gasteiger partial charge in [-0.15, -0.1) is 0 Å². The topological polar surface area (TPSA) is 63.8 Å². The monoisotopic (exact) mass is 230 g/mol. The molecular formula is C12H14N4O. The van der Waals surface area contributed by atoms with E-state index in [0.29, 0.717) is 11.8 Å². The van der Waals surface area contributed by atoms with Crippen LogP contribution in [0.2, 0.25) is 0 Å². The van der Waals surface area contributed by atoms with Crippen LogP contribution in [0.15, 0.2) is 29.0 Å². The molecule has 17 heavy (non-hydrogen) atoms. The van der Waals surface area contributed by atoms with Gasteiger partial charge in [-0.05, 0) is 37.6 Å². The van der Waals surface area contributed by atoms with Gasteiger partial charge in [-0.25, -0.2) is 0 Å². The van der Waals surface area contributed by atoms with E-state index in [0.717, 1.165) is 30.9 Å². The third-order valence-corrected chi connectivity index (χ3v) is 3.01. The average molecular weight is 230 g/mol. The van der Waals surface area contributed by atoms with Crippen molar-refractivity contribution in [2.45, 2.75) is 12.8 Å². The molecule has 0 saturated carbocycles. The molecule has 0 spiro atoms. The van der Waals surface area contributed by atoms with Gasteiger partial charge in [-0.3, -0.25) is 4.98 Å². The summed E-state index contributed by atoms with van der Waals surface area (Å²) < 4.78 is 5.24. The summed E-state index contributed by atoms with van der Waals surface area (Å²) in [7, 11) is 0. The number of nitrogens with zero attached hydrogens (tertiary/aromatic N) is 3. The van der Waals surface area contributed by atoms with Gasteiger partial charge in [-0.1, -0.05) is 5.16 Å². The Morgan fingerprint density at radius 1 is 1.47 bits per heavy atom. The van der Waals surface area contributed by atoms with Crippen LogP contribution in [-0.2, 0) is 6.42 Å². The highest BCUT2D eigenvalue weighted by atomic mass is 16.5. The van der Waals surface area contributed by atoms with Crippen LogP contribution < -0.4 is 5.32 Å². The molecule has 0 amide bonds. The molecule has 5 heteroatoms. The summed E-state index contributed by atoms with van der Waals surface area (Å²) in [4.78, 5) is 8.43. The summed E-state index contributed by atoms with van der Waals surface area (Å²) in [6.07, 6.45) is 5.53. The molecule has 3 heterocycles. The zero-order valence-corrected chi connectivity index (χ0v) is 9.47. The lowest BCUT2D eigenvalue weighted by Crippen LogP contribution is -2.11. The number of pyridine rings is 1. The zero-order valence-electron chi connectivity index (χ0n) is 9.47. The molecule has 1 aliphatic heterocycles. The fourth-order valence-corrected chi connectivity index (χ4v) is 2.09. The van der Waals surface area contributed by atoms with Gasteiger partial charge in [0.25, 0.3) is 5.89 Å². The number of rotatable bonds is 3. The Morgan fingerprint density at radius 2 is 2.47 bits per heavy atom. The van der Waals surface area contributed by atoms with Crippen molar-refractivity contribution in [3.63, 3.8) is 0 Å². The van der Waals surface area contributed by atoms with Gasteiger partial charge in [0.1, 0.15) is 0 Å². The highest BCUT2D eigenvalue weighted by Crippen LogP contribution is 2.18. The molecule has 0 aliphatic carbocycles. The van der Waals surface area contributed by atoms with Crippen molar-refractivity contribution in [2.75, 3.05) is 13.1 Å². The SMILES string of the molecule is c1cncc(-c2nc(CC3CCNC3)no2)c1. The Balaban J connectivity index is 1.74. The second-order valence-electron chi connectivity index (χ2n) is 4.32. The van der Waals surface area contributed by atoms with Crippen molar-refractivity contribution in [1.82, 2.24) is 20.4 Å². The molecule has 88 valence electrons. The smallest absolute Gasteiger partial charge is 0.259 e. The first-order valence-electron chi connectivity index (χ1n) is 5.85. The van der Waals surface area contributed by atoms with Crippen molar-refractivity contribution >= 4 is 0 Å². The van der Waals surface area contributed by atoms with Gasteiger partial charge < -0.3 is 9.84 Å². The van der Waals surface area contributed by atoms with Crippen LogP contribution in [0.4, 0.5) is 0 Å². The van der Waals surface area contributed by atoms with Crippen molar-refractivity contribution < 1.29 is 4.52 Å². The van der Waals surface area contributed by atoms with Crippen molar-refractivity contribution in [3.05, 3.63) is 30.4 Å². The van der Waals surface area contributed by atoms with E-state index in [1.54, 1.807) is 12.4 Å². The predicted molar refractivity (Wildman–Crippen MR) is 62.2 cm³/mol. The van der Waals surface area contributed by atoms with E-state index >= 15 is 0 Å². The molecule has 1 saturated heterocycles. The average Bonchev–Trinajstić information content (AvgIpc) is 3.02. The van der Waals surface area contributed by atoms with E-state index < -0.39 is 0 Å². The van der Waals surface area contributed by atoms with Crippen LogP contribution in [0.25, 0.3) is 11.5 Å². The molecule has 1 atom stereocenters. The minimum Gasteiger partial charge on any atom is -0.334 e. The Bertz CT molecular complexity index is 476. The van der Waals surface area contributed by atoms with Crippen LogP contribution >= 0.6 is 0 Å². The minimum atomic E-state index is 0.555. The van der Waals surface area contributed by atoms with Crippen molar-refractivity contribution in [3.8, 4) is 11.5 Å². The summed E-state index contributed by atoms with van der Waals surface area (Å²) in [6.45, 7) is 2.15. The lowest BCUT2D eigenvalue weighted by atomic mass is 10.1. The molecule has 0 radical (unpaired) electrons. The van der Waals surface area contributed by atoms with Gasteiger partial charge in [0.15, 0.2) is 5.82 Å². The standard InChI is InChI=1S/C12H14N4O/c1-2-10(8-13-4-1)12-15-11(16-17-12)6-9-3-5-14-7-9/h1-2,4,8-9,14H,3,5-7H2. The first-order chi connectivity index (χ1) is 8.42. The Morgan fingerprint density at radius 3 is 3.24 bits per heavy atom. The summed E-state index contributed by atoms with van der Waals surface area (Å²) in [5.74, 6) is 1.98. The fraction of sp³-hybridized carbons (Fsp3) is 0.417. The molecule has 1 unspecified atom stereocenters. The Kier molecular flexibility index (Phi) is 2.83. The molecular weight excluding hydrogens is 216 g/mol. The fourth-order valence-electron chi connectivity index (χ4n) is 2.09. The van der Waals surface area contributed by atoms with Crippen LogP contribution in [0.5, 0.6) is 0 Å². The number of nitrogens with one attached hydrogen (secondary N) is 1. The summed E-state index contributed by atoms with van der Waals surface area (Å²) in [5, 5.41) is 7.35. The van der Waals surface area contributed by atoms with Crippen molar-refractivity contribution in [1.29, 1.82) is 0 Å². The molecule has 1 fully saturated rings. The first-order valence-corrected chi connectivity index (χ1v) is 5.85. The summed E-state index contributed by atoms with van der Waals surface area (Å²) in [6, 6.07) is 3.78. The lowest BCUT2D eigenvalue weighted by Gasteiger charge is -2.01. The van der Waals surface area contributed by atoms with Crippen LogP contribution in [0.3, 0.4) is 0 Å². The van der Waals surface area contributed by atoms with Gasteiger partial charge in [0.2, 0.25) is 0 Å². The molecule has 2 aromatic rings. The van der Waals surface area contributed by atoms with Crippen LogP contribution in [0.1, 0.15) is 12.2 Å². The van der Waals surface area contributed by atoms with E-state index in [9.17, 15) is 0 Å². The predicted octanol–water partition coefficient (Wildman–Crippen LogP) is 1.28. The van der Waals surface area contributed by atoms with Crippen LogP contribution in [0, 0.1) is 5.92 Å². The Hall–Kier alpha value is -1.75. The second kappa shape index (κ2) is 4.63. The maximum absolute atomic E-state index is 5.24. The van der Waals surface area contributed by atoms with E-state index in [2.05, 4.69) is 20.4 Å². The largest absolute Gasteiger partial charge is 0.334 e. The molecule has 2 aromatic heterocycles. The number of hydrogen-bond donors (Lipinski definition) is 1. The quantitative estimate of drug-likeness (QED) is 0.860. The highest BCUT2D eigenvalue weighted by Gasteiger charge is 2.18. The van der Waals surface area contributed by atoms with Gasteiger partial charge in [-0.2, -0.15) is 4.98 Å². The van der Waals surface area contributed by atoms with Gasteiger partial charge >= 0.3 is 0 Å². The zero-order chi connectivity index (χ0) is 11.5. The second-order valence-corrected chi connectivity index (χ2v) is 4.32. The lowest BCUT2D eigenvalue weighted by molar-refractivity contribution is 0.415. The molecule has 5 nitrogen and oxygen atoms in total. The number of aromatic nitrogens is 3. The molecule has 3 rings (SSSR count). The normalized spacial score (nSPS) is 19.6. The van der Waals surface area contributed by atoms with Crippen LogP contribution in [-0.4, -0.2) is 28.2 Å². The Labute approximate surface area is 99.3 Å². The maximum Gasteiger partial charge on any atom is 0.259 e. The molecule has 0 aromatic carbocycles. The minimum absolute atomic E-state index is 0.555. The highest BCUT2D eigenvalue weighted by molar-refractivity contribution is 5.50. The first kappa shape index (κ1) is 10.4. The molecule has 0 bridgehead atoms. The van der Waals surface area contributed by atoms with Crippen molar-refractivity contribution in [2.24, 2.45) is 5.92 Å². The maximum atomic E-state index is 5.24.